The number of ether oxygens (including phenoxy) is 1. The first kappa shape index (κ1) is 36.9. The predicted octanol–water partition coefficient (Wildman–Crippen LogP) is 5.31. The minimum Gasteiger partial charge on any atom is -0.381 e. The van der Waals surface area contributed by atoms with Crippen LogP contribution in [0.25, 0.3) is 22.2 Å². The van der Waals surface area contributed by atoms with Gasteiger partial charge in [-0.3, -0.25) is 14.5 Å². The van der Waals surface area contributed by atoms with E-state index in [0.29, 0.717) is 50.6 Å². The molecule has 11 nitrogen and oxygen atoms in total. The summed E-state index contributed by atoms with van der Waals surface area (Å²) in [6, 6.07) is 13.7. The van der Waals surface area contributed by atoms with Crippen molar-refractivity contribution in [3.63, 3.8) is 0 Å². The third-order valence-corrected chi connectivity index (χ3v) is 11.3. The average molecular weight is 725 g/mol. The summed E-state index contributed by atoms with van der Waals surface area (Å²) in [4.78, 5) is 35.2. The number of hydrogen-bond acceptors (Lipinski definition) is 8. The highest BCUT2D eigenvalue weighted by Gasteiger charge is 2.50. The van der Waals surface area contributed by atoms with Crippen LogP contribution in [0.1, 0.15) is 75.3 Å². The number of aromatic nitrogens is 3. The Morgan fingerprint density at radius 2 is 1.83 bits per heavy atom. The van der Waals surface area contributed by atoms with Crippen molar-refractivity contribution in [2.45, 2.75) is 97.6 Å². The number of fused-ring (bicyclic) bond motifs is 1. The normalized spacial score (nSPS) is 19.1. The fourth-order valence-electron chi connectivity index (χ4n) is 8.03. The highest BCUT2D eigenvalue weighted by Crippen LogP contribution is 2.42. The fourth-order valence-corrected chi connectivity index (χ4v) is 8.03. The number of nitrogens with zero attached hydrogens (tertiary/aromatic N) is 4. The summed E-state index contributed by atoms with van der Waals surface area (Å²) in [6.07, 6.45) is 6.07. The highest BCUT2D eigenvalue weighted by atomic mass is 19.1. The van der Waals surface area contributed by atoms with Gasteiger partial charge in [-0.05, 0) is 80.8 Å². The number of hydrogen-bond donors (Lipinski definition) is 4. The Kier molecular flexibility index (Phi) is 11.4. The van der Waals surface area contributed by atoms with Crippen molar-refractivity contribution in [2.24, 2.45) is 5.41 Å². The number of rotatable bonds is 13. The number of pyridine rings is 1. The molecule has 2 amide bonds. The van der Waals surface area contributed by atoms with Crippen LogP contribution in [0.15, 0.2) is 48.7 Å². The molecule has 0 unspecified atom stereocenters. The smallest absolute Gasteiger partial charge is 0.235 e. The molecule has 2 aromatic carbocycles. The minimum atomic E-state index is -1.15. The Labute approximate surface area is 311 Å². The average Bonchev–Trinajstić information content (AvgIpc) is 3.57. The van der Waals surface area contributed by atoms with Crippen molar-refractivity contribution in [3.05, 3.63) is 76.9 Å². The number of halogens is 1. The fraction of sp³-hybridized carbons (Fsp3) is 0.512. The van der Waals surface area contributed by atoms with Crippen LogP contribution in [0, 0.1) is 11.2 Å². The summed E-state index contributed by atoms with van der Waals surface area (Å²) in [5.41, 5.74) is 5.65. The largest absolute Gasteiger partial charge is 0.381 e. The number of piperazine rings is 1. The molecular formula is C41H53FN8O3. The van der Waals surface area contributed by atoms with Crippen LogP contribution in [0.3, 0.4) is 0 Å². The van der Waals surface area contributed by atoms with Gasteiger partial charge in [0.15, 0.2) is 5.65 Å². The van der Waals surface area contributed by atoms with E-state index in [4.69, 9.17) is 9.72 Å². The van der Waals surface area contributed by atoms with Gasteiger partial charge in [0, 0.05) is 87.9 Å². The lowest BCUT2D eigenvalue weighted by molar-refractivity contribution is -0.149. The number of nitrogens with one attached hydrogen (secondary N) is 4. The number of aryl methyl sites for hydroxylation is 2. The van der Waals surface area contributed by atoms with Crippen molar-refractivity contribution >= 4 is 28.5 Å². The van der Waals surface area contributed by atoms with E-state index < -0.39 is 5.41 Å². The summed E-state index contributed by atoms with van der Waals surface area (Å²) in [7, 11) is 0. The zero-order chi connectivity index (χ0) is 37.0. The molecule has 1 aliphatic carbocycles. The second-order valence-corrected chi connectivity index (χ2v) is 14.9. The van der Waals surface area contributed by atoms with Gasteiger partial charge in [-0.25, -0.2) is 14.1 Å². The molecule has 4 N–H and O–H groups in total. The van der Waals surface area contributed by atoms with Gasteiger partial charge in [0.2, 0.25) is 11.8 Å². The molecule has 4 aromatic rings. The molecule has 7 rings (SSSR count). The first-order chi connectivity index (χ1) is 25.8. The lowest BCUT2D eigenvalue weighted by atomic mass is 9.67. The Hall–Kier alpha value is -4.39. The van der Waals surface area contributed by atoms with E-state index in [9.17, 15) is 9.59 Å². The Morgan fingerprint density at radius 1 is 1.04 bits per heavy atom. The number of carbonyl (C=O) groups excluding carboxylic acids is 2. The van der Waals surface area contributed by atoms with E-state index in [1.807, 2.05) is 29.9 Å². The molecule has 2 saturated heterocycles. The van der Waals surface area contributed by atoms with Crippen LogP contribution < -0.4 is 21.3 Å². The first-order valence-corrected chi connectivity index (χ1v) is 19.4. The minimum absolute atomic E-state index is 0.195. The van der Waals surface area contributed by atoms with Crippen LogP contribution in [0.4, 0.5) is 10.1 Å². The lowest BCUT2D eigenvalue weighted by Gasteiger charge is -2.38. The van der Waals surface area contributed by atoms with Crippen LogP contribution in [-0.4, -0.2) is 76.4 Å². The van der Waals surface area contributed by atoms with Crippen molar-refractivity contribution in [3.8, 4) is 11.1 Å². The zero-order valence-electron chi connectivity index (χ0n) is 31.3. The SMILES string of the molecule is CCc1nc2c(cnn2CC)c(NC2CCOCC2)c1CNC(=O)C1(C(=O)NCc2ccc(F)c(-c3cccc(CN4CCN[C@@H](C)C4)c3)c2)CCC1. The van der Waals surface area contributed by atoms with Crippen LogP contribution in [-0.2, 0) is 46.9 Å². The maximum absolute atomic E-state index is 15.2. The van der Waals surface area contributed by atoms with Gasteiger partial charge < -0.3 is 26.0 Å². The standard InChI is InChI=1S/C41H53FN8O3/c1-4-36-33(37(47-31-12-18-53-19-13-31)34-24-46-50(5-2)38(34)48-36)23-45-40(52)41(14-7-15-41)39(51)44-22-28-10-11-35(42)32(21-28)30-9-6-8-29(20-30)26-49-17-16-43-27(3)25-49/h6,8-11,20-21,24,27,31,43H,4-5,7,12-19,22-23,25-26H2,1-3H3,(H,44,51)(H,45,52)(H,47,48)/t27-/m0/s1. The number of anilines is 1. The Bertz CT molecular complexity index is 1940. The molecule has 12 heteroatoms. The number of carbonyl (C=O) groups is 2. The molecule has 282 valence electrons. The molecule has 2 aliphatic heterocycles. The molecule has 0 spiro atoms. The molecule has 1 atom stereocenters. The number of benzene rings is 2. The first-order valence-electron chi connectivity index (χ1n) is 19.4. The molecule has 2 aromatic heterocycles. The van der Waals surface area contributed by atoms with E-state index in [0.717, 1.165) is 90.1 Å². The highest BCUT2D eigenvalue weighted by molar-refractivity contribution is 6.06. The van der Waals surface area contributed by atoms with Crippen LogP contribution in [0.5, 0.6) is 0 Å². The van der Waals surface area contributed by atoms with E-state index in [1.54, 1.807) is 12.1 Å². The van der Waals surface area contributed by atoms with Crippen LogP contribution >= 0.6 is 0 Å². The Balaban J connectivity index is 1.04. The third-order valence-electron chi connectivity index (χ3n) is 11.3. The van der Waals surface area contributed by atoms with Crippen molar-refractivity contribution in [2.75, 3.05) is 38.2 Å². The van der Waals surface area contributed by atoms with E-state index >= 15 is 4.39 Å². The molecule has 4 heterocycles. The van der Waals surface area contributed by atoms with Crippen molar-refractivity contribution < 1.29 is 18.7 Å². The summed E-state index contributed by atoms with van der Waals surface area (Å²) < 4.78 is 22.7. The summed E-state index contributed by atoms with van der Waals surface area (Å²) in [5, 5.41) is 18.9. The molecular weight excluding hydrogens is 672 g/mol. The van der Waals surface area contributed by atoms with E-state index in [-0.39, 0.29) is 36.8 Å². The monoisotopic (exact) mass is 724 g/mol. The van der Waals surface area contributed by atoms with Gasteiger partial charge in [-0.15, -0.1) is 0 Å². The predicted molar refractivity (Wildman–Crippen MR) is 205 cm³/mol. The second-order valence-electron chi connectivity index (χ2n) is 14.9. The van der Waals surface area contributed by atoms with Crippen molar-refractivity contribution in [1.82, 2.24) is 35.6 Å². The van der Waals surface area contributed by atoms with Gasteiger partial charge in [0.25, 0.3) is 0 Å². The number of amides is 2. The maximum atomic E-state index is 15.2. The molecule has 3 aliphatic rings. The van der Waals surface area contributed by atoms with Gasteiger partial charge >= 0.3 is 0 Å². The lowest BCUT2D eigenvalue weighted by Crippen LogP contribution is -2.55. The van der Waals surface area contributed by atoms with E-state index in [1.165, 1.54) is 6.07 Å². The van der Waals surface area contributed by atoms with Gasteiger partial charge in [0.05, 0.1) is 17.3 Å². The molecule has 0 bridgehead atoms. The summed E-state index contributed by atoms with van der Waals surface area (Å²) in [5.74, 6) is -0.886. The topological polar surface area (TPSA) is 125 Å². The third kappa shape index (κ3) is 7.95. The molecule has 53 heavy (non-hydrogen) atoms. The van der Waals surface area contributed by atoms with Gasteiger partial charge in [-0.2, -0.15) is 5.10 Å². The second kappa shape index (κ2) is 16.3. The molecule has 0 radical (unpaired) electrons. The van der Waals surface area contributed by atoms with Gasteiger partial charge in [0.1, 0.15) is 11.2 Å². The zero-order valence-corrected chi connectivity index (χ0v) is 31.3. The van der Waals surface area contributed by atoms with Gasteiger partial charge in [-0.1, -0.05) is 37.6 Å². The summed E-state index contributed by atoms with van der Waals surface area (Å²) in [6.45, 7) is 12.6. The van der Waals surface area contributed by atoms with Crippen LogP contribution in [0.2, 0.25) is 0 Å². The maximum Gasteiger partial charge on any atom is 0.235 e. The van der Waals surface area contributed by atoms with Crippen molar-refractivity contribution in [1.29, 1.82) is 0 Å². The van der Waals surface area contributed by atoms with E-state index in [2.05, 4.69) is 57.2 Å². The Morgan fingerprint density at radius 3 is 2.55 bits per heavy atom. The molecule has 1 saturated carbocycles. The quantitative estimate of drug-likeness (QED) is 0.137. The molecule has 3 fully saturated rings. The summed E-state index contributed by atoms with van der Waals surface area (Å²) >= 11 is 0.